The van der Waals surface area contributed by atoms with Crippen molar-refractivity contribution in [3.63, 3.8) is 0 Å². The normalized spacial score (nSPS) is 19.6. The van der Waals surface area contributed by atoms with Crippen molar-refractivity contribution in [2.24, 2.45) is 0 Å². The molecule has 2 amide bonds. The summed E-state index contributed by atoms with van der Waals surface area (Å²) in [5.41, 5.74) is 1.59. The van der Waals surface area contributed by atoms with E-state index in [-0.39, 0.29) is 17.4 Å². The van der Waals surface area contributed by atoms with Crippen molar-refractivity contribution in [3.8, 4) is 0 Å². The summed E-state index contributed by atoms with van der Waals surface area (Å²) in [7, 11) is 3.48. The molecule has 1 saturated heterocycles. The molecule has 0 radical (unpaired) electrons. The van der Waals surface area contributed by atoms with Gasteiger partial charge in [-0.15, -0.1) is 0 Å². The van der Waals surface area contributed by atoms with Crippen LogP contribution in [-0.2, 0) is 16.1 Å². The Kier molecular flexibility index (Phi) is 6.50. The van der Waals surface area contributed by atoms with E-state index >= 15 is 0 Å². The molecule has 1 saturated carbocycles. The molecule has 2 fully saturated rings. The van der Waals surface area contributed by atoms with Crippen LogP contribution in [0, 0.1) is 0 Å². The van der Waals surface area contributed by atoms with E-state index in [9.17, 15) is 9.59 Å². The van der Waals surface area contributed by atoms with Gasteiger partial charge in [0.05, 0.1) is 13.2 Å². The van der Waals surface area contributed by atoms with Crippen molar-refractivity contribution in [1.82, 2.24) is 15.1 Å². The van der Waals surface area contributed by atoms with Crippen LogP contribution < -0.4 is 5.32 Å². The van der Waals surface area contributed by atoms with E-state index in [0.29, 0.717) is 18.5 Å². The monoisotopic (exact) mass is 373 g/mol. The number of amides is 2. The van der Waals surface area contributed by atoms with Gasteiger partial charge >= 0.3 is 0 Å². The molecule has 1 aliphatic carbocycles. The first kappa shape index (κ1) is 19.8. The van der Waals surface area contributed by atoms with Gasteiger partial charge in [-0.05, 0) is 30.5 Å². The zero-order valence-corrected chi connectivity index (χ0v) is 16.5. The van der Waals surface area contributed by atoms with Crippen molar-refractivity contribution in [2.45, 2.75) is 44.2 Å². The van der Waals surface area contributed by atoms with E-state index in [0.717, 1.165) is 44.7 Å². The molecule has 0 spiro atoms. The van der Waals surface area contributed by atoms with Gasteiger partial charge < -0.3 is 15.0 Å². The number of benzene rings is 1. The Morgan fingerprint density at radius 2 is 1.89 bits per heavy atom. The summed E-state index contributed by atoms with van der Waals surface area (Å²) in [6, 6.07) is 7.47. The molecule has 148 valence electrons. The summed E-state index contributed by atoms with van der Waals surface area (Å²) in [5.74, 6) is 0.0631. The molecule has 0 aromatic heterocycles. The maximum absolute atomic E-state index is 12.7. The summed E-state index contributed by atoms with van der Waals surface area (Å²) in [6.45, 7) is 3.81. The second-order valence-corrected chi connectivity index (χ2v) is 7.88. The Bertz CT molecular complexity index is 662. The number of carbonyl (C=O) groups is 2. The molecule has 0 bridgehead atoms. The Morgan fingerprint density at radius 3 is 2.56 bits per heavy atom. The molecule has 6 heteroatoms. The lowest BCUT2D eigenvalue weighted by atomic mass is 9.90. The molecule has 1 heterocycles. The highest BCUT2D eigenvalue weighted by Crippen LogP contribution is 2.38. The number of rotatable bonds is 6. The van der Waals surface area contributed by atoms with E-state index in [1.807, 2.05) is 18.2 Å². The number of nitrogens with one attached hydrogen (secondary N) is 1. The number of nitrogens with zero attached hydrogens (tertiary/aromatic N) is 2. The van der Waals surface area contributed by atoms with Crippen molar-refractivity contribution in [1.29, 1.82) is 0 Å². The summed E-state index contributed by atoms with van der Waals surface area (Å²) in [6.07, 6.45) is 5.11. The fourth-order valence-electron chi connectivity index (χ4n) is 4.31. The van der Waals surface area contributed by atoms with Crippen LogP contribution in [0.5, 0.6) is 0 Å². The lowest BCUT2D eigenvalue weighted by Crippen LogP contribution is -2.53. The second kappa shape index (κ2) is 8.85. The fraction of sp³-hybridized carbons (Fsp3) is 0.619. The molecule has 0 atom stereocenters. The fourth-order valence-corrected chi connectivity index (χ4v) is 4.31. The third-order valence-corrected chi connectivity index (χ3v) is 5.78. The minimum atomic E-state index is -0.0274. The summed E-state index contributed by atoms with van der Waals surface area (Å²) < 4.78 is 5.49. The standard InChI is InChI=1S/C21H31N3O3/c1-23(2)20(26)18-7-5-6-17(14-18)16-22-19(25)15-21(8-3-4-9-21)24-10-12-27-13-11-24/h5-7,14H,3-4,8-13,15-16H2,1-2H3,(H,22,25). The van der Waals surface area contributed by atoms with Crippen LogP contribution in [0.3, 0.4) is 0 Å². The lowest BCUT2D eigenvalue weighted by molar-refractivity contribution is -0.125. The van der Waals surface area contributed by atoms with Gasteiger partial charge in [-0.3, -0.25) is 14.5 Å². The van der Waals surface area contributed by atoms with Crippen LogP contribution in [-0.4, -0.2) is 67.6 Å². The maximum atomic E-state index is 12.7. The molecular formula is C21H31N3O3. The number of ether oxygens (including phenoxy) is 1. The third-order valence-electron chi connectivity index (χ3n) is 5.78. The highest BCUT2D eigenvalue weighted by Gasteiger charge is 2.41. The van der Waals surface area contributed by atoms with E-state index in [2.05, 4.69) is 10.2 Å². The minimum absolute atomic E-state index is 0.00337. The van der Waals surface area contributed by atoms with Gasteiger partial charge in [0.15, 0.2) is 0 Å². The molecule has 3 rings (SSSR count). The van der Waals surface area contributed by atoms with Crippen molar-refractivity contribution in [2.75, 3.05) is 40.4 Å². The Hall–Kier alpha value is -1.92. The summed E-state index contributed by atoms with van der Waals surface area (Å²) in [5, 5.41) is 3.06. The van der Waals surface area contributed by atoms with Gasteiger partial charge in [0, 0.05) is 51.3 Å². The van der Waals surface area contributed by atoms with Crippen LogP contribution in [0.4, 0.5) is 0 Å². The average Bonchev–Trinajstić information content (AvgIpc) is 3.16. The van der Waals surface area contributed by atoms with Crippen molar-refractivity contribution >= 4 is 11.8 Å². The zero-order chi connectivity index (χ0) is 19.3. The van der Waals surface area contributed by atoms with Crippen molar-refractivity contribution in [3.05, 3.63) is 35.4 Å². The van der Waals surface area contributed by atoms with Gasteiger partial charge in [-0.1, -0.05) is 25.0 Å². The third kappa shape index (κ3) is 4.87. The van der Waals surface area contributed by atoms with Crippen LogP contribution in [0.2, 0.25) is 0 Å². The molecule has 1 aromatic carbocycles. The summed E-state index contributed by atoms with van der Waals surface area (Å²) in [4.78, 5) is 28.8. The molecular weight excluding hydrogens is 342 g/mol. The maximum Gasteiger partial charge on any atom is 0.253 e. The zero-order valence-electron chi connectivity index (χ0n) is 16.5. The van der Waals surface area contributed by atoms with Crippen LogP contribution in [0.1, 0.15) is 48.0 Å². The largest absolute Gasteiger partial charge is 0.379 e. The molecule has 1 N–H and O–H groups in total. The Labute approximate surface area is 161 Å². The molecule has 1 aromatic rings. The van der Waals surface area contributed by atoms with Gasteiger partial charge in [0.25, 0.3) is 5.91 Å². The first-order chi connectivity index (χ1) is 13.0. The first-order valence-electron chi connectivity index (χ1n) is 9.90. The quantitative estimate of drug-likeness (QED) is 0.829. The van der Waals surface area contributed by atoms with Crippen LogP contribution >= 0.6 is 0 Å². The molecule has 6 nitrogen and oxygen atoms in total. The van der Waals surface area contributed by atoms with Crippen molar-refractivity contribution < 1.29 is 14.3 Å². The molecule has 1 aliphatic heterocycles. The summed E-state index contributed by atoms with van der Waals surface area (Å²) >= 11 is 0. The highest BCUT2D eigenvalue weighted by atomic mass is 16.5. The van der Waals surface area contributed by atoms with Gasteiger partial charge in [-0.2, -0.15) is 0 Å². The molecule has 0 unspecified atom stereocenters. The predicted octanol–water partition coefficient (Wildman–Crippen LogP) is 2.04. The second-order valence-electron chi connectivity index (χ2n) is 7.88. The SMILES string of the molecule is CN(C)C(=O)c1cccc(CNC(=O)CC2(N3CCOCC3)CCCC2)c1. The molecule has 27 heavy (non-hydrogen) atoms. The lowest BCUT2D eigenvalue weighted by Gasteiger charge is -2.43. The minimum Gasteiger partial charge on any atom is -0.379 e. The highest BCUT2D eigenvalue weighted by molar-refractivity contribution is 5.94. The Morgan fingerprint density at radius 1 is 1.19 bits per heavy atom. The number of hydrogen-bond donors (Lipinski definition) is 1. The average molecular weight is 373 g/mol. The van der Waals surface area contributed by atoms with E-state index in [4.69, 9.17) is 4.74 Å². The first-order valence-corrected chi connectivity index (χ1v) is 9.90. The smallest absolute Gasteiger partial charge is 0.253 e. The van der Waals surface area contributed by atoms with Gasteiger partial charge in [-0.25, -0.2) is 0 Å². The topological polar surface area (TPSA) is 61.9 Å². The number of morpholine rings is 1. The molecule has 2 aliphatic rings. The predicted molar refractivity (Wildman–Crippen MR) is 105 cm³/mol. The van der Waals surface area contributed by atoms with Crippen LogP contribution in [0.25, 0.3) is 0 Å². The van der Waals surface area contributed by atoms with Gasteiger partial charge in [0.1, 0.15) is 0 Å². The Balaban J connectivity index is 1.59. The van der Waals surface area contributed by atoms with E-state index in [1.54, 1.807) is 25.1 Å². The number of carbonyl (C=O) groups excluding carboxylic acids is 2. The van der Waals surface area contributed by atoms with E-state index in [1.165, 1.54) is 12.8 Å². The van der Waals surface area contributed by atoms with E-state index < -0.39 is 0 Å². The number of hydrogen-bond acceptors (Lipinski definition) is 4. The van der Waals surface area contributed by atoms with Crippen LogP contribution in [0.15, 0.2) is 24.3 Å². The van der Waals surface area contributed by atoms with Gasteiger partial charge in [0.2, 0.25) is 5.91 Å².